The third-order valence-electron chi connectivity index (χ3n) is 3.30. The highest BCUT2D eigenvalue weighted by molar-refractivity contribution is 7.15. The topological polar surface area (TPSA) is 108 Å². The zero-order chi connectivity index (χ0) is 19.8. The van der Waals surface area contributed by atoms with Gasteiger partial charge < -0.3 is 5.32 Å². The molecule has 0 aliphatic rings. The first kappa shape index (κ1) is 19.5. The van der Waals surface area contributed by atoms with Gasteiger partial charge in [0.05, 0.1) is 12.6 Å². The first-order chi connectivity index (χ1) is 13.6. The van der Waals surface area contributed by atoms with E-state index in [2.05, 4.69) is 31.4 Å². The van der Waals surface area contributed by atoms with Gasteiger partial charge in [-0.25, -0.2) is 10.2 Å². The molecule has 28 heavy (non-hydrogen) atoms. The molecule has 0 saturated heterocycles. The molecular formula is C18H15ClN6O2S. The van der Waals surface area contributed by atoms with Gasteiger partial charge in [-0.2, -0.15) is 5.10 Å². The fraction of sp³-hybridized carbons (Fsp3) is 0.0556. The molecule has 0 radical (unpaired) electrons. The number of benzene rings is 2. The molecule has 0 fully saturated rings. The molecule has 142 valence electrons. The summed E-state index contributed by atoms with van der Waals surface area (Å²) < 4.78 is 0. The molecule has 3 amide bonds. The van der Waals surface area contributed by atoms with Crippen LogP contribution in [-0.4, -0.2) is 28.4 Å². The highest BCUT2D eigenvalue weighted by Crippen LogP contribution is 2.16. The lowest BCUT2D eigenvalue weighted by atomic mass is 10.2. The monoisotopic (exact) mass is 414 g/mol. The van der Waals surface area contributed by atoms with Crippen molar-refractivity contribution in [1.82, 2.24) is 15.6 Å². The van der Waals surface area contributed by atoms with Gasteiger partial charge in [0.2, 0.25) is 11.0 Å². The smallest absolute Gasteiger partial charge is 0.308 e. The molecule has 3 aromatic rings. The Morgan fingerprint density at radius 3 is 2.54 bits per heavy atom. The van der Waals surface area contributed by atoms with Crippen molar-refractivity contribution < 1.29 is 9.59 Å². The summed E-state index contributed by atoms with van der Waals surface area (Å²) in [5.74, 6) is -0.346. The van der Waals surface area contributed by atoms with Crippen molar-refractivity contribution in [3.05, 3.63) is 70.2 Å². The second kappa shape index (κ2) is 9.58. The number of hydrogen-bond acceptors (Lipinski definition) is 6. The Balaban J connectivity index is 1.46. The predicted octanol–water partition coefficient (Wildman–Crippen LogP) is 3.53. The fourth-order valence-electron chi connectivity index (χ4n) is 2.06. The first-order valence-electron chi connectivity index (χ1n) is 8.11. The number of amides is 3. The fourth-order valence-corrected chi connectivity index (χ4v) is 2.92. The van der Waals surface area contributed by atoms with E-state index in [4.69, 9.17) is 11.6 Å². The van der Waals surface area contributed by atoms with Crippen molar-refractivity contribution in [3.8, 4) is 0 Å². The van der Waals surface area contributed by atoms with Gasteiger partial charge in [0.25, 0.3) is 0 Å². The minimum absolute atomic E-state index is 0.00237. The SMILES string of the molecule is O=C(Cc1nnc(NC(=O)Nc2ccccc2)s1)N/N=C\c1ccc(Cl)cc1. The van der Waals surface area contributed by atoms with Gasteiger partial charge >= 0.3 is 6.03 Å². The maximum absolute atomic E-state index is 11.9. The van der Waals surface area contributed by atoms with Gasteiger partial charge in [-0.15, -0.1) is 10.2 Å². The Bertz CT molecular complexity index is 975. The van der Waals surface area contributed by atoms with Crippen LogP contribution in [0.5, 0.6) is 0 Å². The molecule has 0 spiro atoms. The van der Waals surface area contributed by atoms with Crippen LogP contribution in [-0.2, 0) is 11.2 Å². The van der Waals surface area contributed by atoms with E-state index in [0.717, 1.165) is 16.9 Å². The van der Waals surface area contributed by atoms with Gasteiger partial charge in [0.15, 0.2) is 0 Å². The second-order valence-electron chi connectivity index (χ2n) is 5.47. The maximum Gasteiger partial charge on any atom is 0.325 e. The predicted molar refractivity (Wildman–Crippen MR) is 110 cm³/mol. The molecule has 0 aliphatic heterocycles. The van der Waals surface area contributed by atoms with Crippen LogP contribution in [0.4, 0.5) is 15.6 Å². The Labute approximate surface area is 169 Å². The van der Waals surface area contributed by atoms with Gasteiger partial charge in [-0.1, -0.05) is 53.3 Å². The number of halogens is 1. The molecule has 3 rings (SSSR count). The second-order valence-corrected chi connectivity index (χ2v) is 6.97. The number of aromatic nitrogens is 2. The molecule has 1 heterocycles. The summed E-state index contributed by atoms with van der Waals surface area (Å²) >= 11 is 6.91. The van der Waals surface area contributed by atoms with Crippen molar-refractivity contribution in [3.63, 3.8) is 0 Å². The molecule has 10 heteroatoms. The van der Waals surface area contributed by atoms with Crippen LogP contribution in [0.25, 0.3) is 0 Å². The van der Waals surface area contributed by atoms with Crippen molar-refractivity contribution in [2.75, 3.05) is 10.6 Å². The number of rotatable bonds is 6. The van der Waals surface area contributed by atoms with Crippen molar-refractivity contribution >= 4 is 51.9 Å². The molecule has 0 aliphatic carbocycles. The average Bonchev–Trinajstić information content (AvgIpc) is 3.10. The average molecular weight is 415 g/mol. The summed E-state index contributed by atoms with van der Waals surface area (Å²) in [6.07, 6.45) is 1.51. The van der Waals surface area contributed by atoms with Crippen LogP contribution in [0, 0.1) is 0 Å². The number of anilines is 2. The molecule has 0 saturated carbocycles. The molecule has 1 aromatic heterocycles. The summed E-state index contributed by atoms with van der Waals surface area (Å²) in [6.45, 7) is 0. The van der Waals surface area contributed by atoms with Crippen LogP contribution in [0.15, 0.2) is 59.7 Å². The molecule has 8 nitrogen and oxygen atoms in total. The lowest BCUT2D eigenvalue weighted by Crippen LogP contribution is -2.19. The molecule has 3 N–H and O–H groups in total. The number of carbonyl (C=O) groups excluding carboxylic acids is 2. The number of urea groups is 1. The van der Waals surface area contributed by atoms with Crippen LogP contribution in [0.3, 0.4) is 0 Å². The van der Waals surface area contributed by atoms with Crippen LogP contribution in [0.1, 0.15) is 10.6 Å². The Morgan fingerprint density at radius 1 is 1.04 bits per heavy atom. The Morgan fingerprint density at radius 2 is 1.79 bits per heavy atom. The molecule has 0 atom stereocenters. The lowest BCUT2D eigenvalue weighted by molar-refractivity contribution is -0.120. The molecule has 0 bridgehead atoms. The van der Waals surface area contributed by atoms with E-state index in [0.29, 0.717) is 20.8 Å². The summed E-state index contributed by atoms with van der Waals surface area (Å²) in [5, 5.41) is 18.2. The third kappa shape index (κ3) is 6.15. The largest absolute Gasteiger partial charge is 0.325 e. The van der Waals surface area contributed by atoms with Gasteiger partial charge in [-0.3, -0.25) is 10.1 Å². The molecule has 0 unspecified atom stereocenters. The van der Waals surface area contributed by atoms with E-state index in [1.54, 1.807) is 36.4 Å². The molecule has 2 aromatic carbocycles. The Kier molecular flexibility index (Phi) is 6.66. The molecular weight excluding hydrogens is 400 g/mol. The number of hydrazone groups is 1. The van der Waals surface area contributed by atoms with Crippen LogP contribution < -0.4 is 16.1 Å². The minimum Gasteiger partial charge on any atom is -0.308 e. The Hall–Kier alpha value is -3.30. The standard InChI is InChI=1S/C18H15ClN6O2S/c19-13-8-6-12(7-9-13)11-20-23-15(26)10-16-24-25-18(28-16)22-17(27)21-14-4-2-1-3-5-14/h1-9,11H,10H2,(H,23,26)(H2,21,22,25,27)/b20-11-. The van der Waals surface area contributed by atoms with E-state index < -0.39 is 6.03 Å². The van der Waals surface area contributed by atoms with E-state index >= 15 is 0 Å². The van der Waals surface area contributed by atoms with E-state index in [1.165, 1.54) is 6.21 Å². The quantitative estimate of drug-likeness (QED) is 0.423. The maximum atomic E-state index is 11.9. The lowest BCUT2D eigenvalue weighted by Gasteiger charge is -2.03. The summed E-state index contributed by atoms with van der Waals surface area (Å²) in [4.78, 5) is 23.8. The van der Waals surface area contributed by atoms with Crippen molar-refractivity contribution in [1.29, 1.82) is 0 Å². The number of hydrogen-bond donors (Lipinski definition) is 3. The van der Waals surface area contributed by atoms with Crippen LogP contribution in [0.2, 0.25) is 5.02 Å². The van der Waals surface area contributed by atoms with E-state index in [1.807, 2.05) is 18.2 Å². The van der Waals surface area contributed by atoms with Gasteiger partial charge in [-0.05, 0) is 29.8 Å². The number of nitrogens with zero attached hydrogens (tertiary/aromatic N) is 3. The zero-order valence-electron chi connectivity index (χ0n) is 14.4. The summed E-state index contributed by atoms with van der Waals surface area (Å²) in [5.41, 5.74) is 3.87. The van der Waals surface area contributed by atoms with E-state index in [-0.39, 0.29) is 12.3 Å². The van der Waals surface area contributed by atoms with Crippen molar-refractivity contribution in [2.24, 2.45) is 5.10 Å². The third-order valence-corrected chi connectivity index (χ3v) is 4.39. The normalized spacial score (nSPS) is 10.6. The summed E-state index contributed by atoms with van der Waals surface area (Å²) in [7, 11) is 0. The van der Waals surface area contributed by atoms with Gasteiger partial charge in [0.1, 0.15) is 5.01 Å². The highest BCUT2D eigenvalue weighted by Gasteiger charge is 2.11. The van der Waals surface area contributed by atoms with E-state index in [9.17, 15) is 9.59 Å². The van der Waals surface area contributed by atoms with Gasteiger partial charge in [0, 0.05) is 10.7 Å². The van der Waals surface area contributed by atoms with Crippen molar-refractivity contribution in [2.45, 2.75) is 6.42 Å². The summed E-state index contributed by atoms with van der Waals surface area (Å²) in [6, 6.07) is 15.6. The number of nitrogens with one attached hydrogen (secondary N) is 3. The first-order valence-corrected chi connectivity index (χ1v) is 9.31. The minimum atomic E-state index is -0.439. The zero-order valence-corrected chi connectivity index (χ0v) is 16.0. The van der Waals surface area contributed by atoms with Crippen LogP contribution >= 0.6 is 22.9 Å². The number of carbonyl (C=O) groups is 2. The highest BCUT2D eigenvalue weighted by atomic mass is 35.5. The number of para-hydroxylation sites is 1.